The van der Waals surface area contributed by atoms with Gasteiger partial charge in [0, 0.05) is 18.8 Å². The Morgan fingerprint density at radius 3 is 2.32 bits per heavy atom. The van der Waals surface area contributed by atoms with Gasteiger partial charge >= 0.3 is 5.97 Å². The summed E-state index contributed by atoms with van der Waals surface area (Å²) in [6.07, 6.45) is 3.28. The SMILES string of the molecule is CC(=O)[C@@H]1C[C@H]2[C@H](OC(=O)c3ccccc3)C[C@H](O[C@H]3CCCC[C@@H]3c3ccccc3)ON2O1. The highest BCUT2D eigenvalue weighted by molar-refractivity contribution is 5.89. The van der Waals surface area contributed by atoms with Crippen LogP contribution < -0.4 is 0 Å². The minimum Gasteiger partial charge on any atom is -0.457 e. The second-order valence-electron chi connectivity index (χ2n) is 9.35. The maximum absolute atomic E-state index is 12.8. The van der Waals surface area contributed by atoms with E-state index in [1.807, 2.05) is 12.1 Å². The Morgan fingerprint density at radius 1 is 0.882 bits per heavy atom. The van der Waals surface area contributed by atoms with Crippen molar-refractivity contribution in [2.24, 2.45) is 0 Å². The molecule has 0 bridgehead atoms. The largest absolute Gasteiger partial charge is 0.457 e. The van der Waals surface area contributed by atoms with Crippen molar-refractivity contribution in [1.29, 1.82) is 0 Å². The zero-order valence-corrected chi connectivity index (χ0v) is 19.4. The minimum absolute atomic E-state index is 0.00520. The van der Waals surface area contributed by atoms with Crippen LogP contribution in [0.2, 0.25) is 0 Å². The number of ketones is 1. The second kappa shape index (κ2) is 10.4. The van der Waals surface area contributed by atoms with Crippen LogP contribution in [0.3, 0.4) is 0 Å². The van der Waals surface area contributed by atoms with E-state index in [9.17, 15) is 9.59 Å². The monoisotopic (exact) mass is 465 g/mol. The number of rotatable bonds is 6. The van der Waals surface area contributed by atoms with Gasteiger partial charge in [-0.25, -0.2) is 9.63 Å². The number of benzene rings is 2. The number of hydrogen-bond acceptors (Lipinski definition) is 7. The van der Waals surface area contributed by atoms with E-state index in [1.165, 1.54) is 24.1 Å². The maximum Gasteiger partial charge on any atom is 0.338 e. The summed E-state index contributed by atoms with van der Waals surface area (Å²) in [7, 11) is 0. The highest BCUT2D eigenvalue weighted by Gasteiger charge is 2.49. The number of esters is 1. The van der Waals surface area contributed by atoms with Crippen molar-refractivity contribution >= 4 is 11.8 Å². The molecule has 0 aromatic heterocycles. The van der Waals surface area contributed by atoms with Gasteiger partial charge in [-0.3, -0.25) is 9.63 Å². The van der Waals surface area contributed by atoms with Crippen LogP contribution in [0.15, 0.2) is 60.7 Å². The molecular formula is C27H31NO6. The van der Waals surface area contributed by atoms with E-state index in [2.05, 4.69) is 24.3 Å². The van der Waals surface area contributed by atoms with Crippen LogP contribution in [-0.4, -0.2) is 47.6 Å². The molecule has 2 aromatic rings. The van der Waals surface area contributed by atoms with Crippen molar-refractivity contribution < 1.29 is 28.7 Å². The predicted octanol–water partition coefficient (Wildman–Crippen LogP) is 4.58. The molecule has 34 heavy (non-hydrogen) atoms. The predicted molar refractivity (Wildman–Crippen MR) is 123 cm³/mol. The van der Waals surface area contributed by atoms with Crippen LogP contribution in [0, 0.1) is 0 Å². The molecule has 2 heterocycles. The first-order chi connectivity index (χ1) is 16.6. The van der Waals surface area contributed by atoms with E-state index in [1.54, 1.807) is 24.3 Å². The summed E-state index contributed by atoms with van der Waals surface area (Å²) in [6, 6.07) is 19.0. The van der Waals surface area contributed by atoms with Gasteiger partial charge in [0.15, 0.2) is 12.1 Å². The first kappa shape index (κ1) is 23.2. The Kier molecular flexibility index (Phi) is 7.06. The number of carbonyl (C=O) groups is 2. The summed E-state index contributed by atoms with van der Waals surface area (Å²) >= 11 is 0. The lowest BCUT2D eigenvalue weighted by Crippen LogP contribution is -2.51. The number of fused-ring (bicyclic) bond motifs is 1. The Bertz CT molecular complexity index is 983. The summed E-state index contributed by atoms with van der Waals surface area (Å²) in [5.74, 6) is -0.205. The number of nitrogens with zero attached hydrogens (tertiary/aromatic N) is 1. The van der Waals surface area contributed by atoms with E-state index >= 15 is 0 Å². The summed E-state index contributed by atoms with van der Waals surface area (Å²) in [4.78, 5) is 36.6. The molecule has 3 fully saturated rings. The molecule has 0 unspecified atom stereocenters. The third-order valence-corrected chi connectivity index (χ3v) is 7.01. The summed E-state index contributed by atoms with van der Waals surface area (Å²) in [5.41, 5.74) is 1.75. The molecule has 0 spiro atoms. The smallest absolute Gasteiger partial charge is 0.338 e. The van der Waals surface area contributed by atoms with Gasteiger partial charge in [-0.15, -0.1) is 0 Å². The van der Waals surface area contributed by atoms with Gasteiger partial charge in [0.2, 0.25) is 0 Å². The lowest BCUT2D eigenvalue weighted by Gasteiger charge is -2.41. The fraction of sp³-hybridized carbons (Fsp3) is 0.481. The average molecular weight is 466 g/mol. The Morgan fingerprint density at radius 2 is 1.59 bits per heavy atom. The summed E-state index contributed by atoms with van der Waals surface area (Å²) < 4.78 is 12.4. The standard InChI is InChI=1S/C27H31NO6/c1-18(29)24-16-22-25(32-27(30)20-12-6-3-7-13-20)17-26(34-28(22)33-24)31-23-15-9-8-14-21(23)19-10-4-2-5-11-19/h2-7,10-13,21-26H,8-9,14-17H2,1H3/t21-,22+,23+,24+,25-,26-/m1/s1. The van der Waals surface area contributed by atoms with Gasteiger partial charge < -0.3 is 9.47 Å². The van der Waals surface area contributed by atoms with E-state index < -0.39 is 24.5 Å². The van der Waals surface area contributed by atoms with Crippen molar-refractivity contribution in [2.75, 3.05) is 0 Å². The minimum atomic E-state index is -0.634. The first-order valence-corrected chi connectivity index (χ1v) is 12.2. The molecule has 2 aromatic carbocycles. The van der Waals surface area contributed by atoms with Crippen molar-refractivity contribution in [2.45, 2.75) is 82.0 Å². The highest BCUT2D eigenvalue weighted by atomic mass is 17.0. The maximum atomic E-state index is 12.8. The van der Waals surface area contributed by atoms with Crippen molar-refractivity contribution in [3.8, 4) is 0 Å². The molecule has 5 rings (SSSR count). The van der Waals surface area contributed by atoms with Gasteiger partial charge in [-0.05, 0) is 37.5 Å². The summed E-state index contributed by atoms with van der Waals surface area (Å²) in [6.45, 7) is 1.49. The molecule has 2 aliphatic heterocycles. The van der Waals surface area contributed by atoms with E-state index in [4.69, 9.17) is 19.1 Å². The summed E-state index contributed by atoms with van der Waals surface area (Å²) in [5, 5.41) is 1.34. The molecule has 6 atom stereocenters. The second-order valence-corrected chi connectivity index (χ2v) is 9.35. The van der Waals surface area contributed by atoms with Crippen LogP contribution >= 0.6 is 0 Å². The molecule has 180 valence electrons. The lowest BCUT2D eigenvalue weighted by atomic mass is 9.81. The number of ether oxygens (including phenoxy) is 2. The van der Waals surface area contributed by atoms with Crippen LogP contribution in [-0.2, 0) is 23.9 Å². The topological polar surface area (TPSA) is 74.3 Å². The van der Waals surface area contributed by atoms with Gasteiger partial charge in [0.05, 0.1) is 11.7 Å². The number of Topliss-reactive ketones (excluding diaryl/α,β-unsaturated/α-hetero) is 1. The van der Waals surface area contributed by atoms with Gasteiger partial charge in [-0.1, -0.05) is 66.6 Å². The first-order valence-electron chi connectivity index (χ1n) is 12.2. The normalized spacial score (nSPS) is 31.6. The molecular weight excluding hydrogens is 434 g/mol. The van der Waals surface area contributed by atoms with Gasteiger partial charge in [0.1, 0.15) is 18.2 Å². The van der Waals surface area contributed by atoms with Crippen molar-refractivity contribution in [3.63, 3.8) is 0 Å². The highest BCUT2D eigenvalue weighted by Crippen LogP contribution is 2.39. The Balaban J connectivity index is 1.32. The molecule has 7 heteroatoms. The third-order valence-electron chi connectivity index (χ3n) is 7.01. The zero-order chi connectivity index (χ0) is 23.5. The molecule has 0 N–H and O–H groups in total. The van der Waals surface area contributed by atoms with Crippen LogP contribution in [0.25, 0.3) is 0 Å². The molecule has 7 nitrogen and oxygen atoms in total. The Labute approximate surface area is 199 Å². The van der Waals surface area contributed by atoms with Gasteiger partial charge in [0.25, 0.3) is 0 Å². The van der Waals surface area contributed by atoms with Crippen LogP contribution in [0.4, 0.5) is 0 Å². The molecule has 1 aliphatic carbocycles. The molecule has 0 amide bonds. The third kappa shape index (κ3) is 5.08. The quantitative estimate of drug-likeness (QED) is 0.578. The van der Waals surface area contributed by atoms with Crippen LogP contribution in [0.5, 0.6) is 0 Å². The van der Waals surface area contributed by atoms with Gasteiger partial charge in [-0.2, -0.15) is 0 Å². The average Bonchev–Trinajstić information content (AvgIpc) is 3.30. The molecule has 0 radical (unpaired) electrons. The van der Waals surface area contributed by atoms with Crippen molar-refractivity contribution in [1.82, 2.24) is 5.23 Å². The van der Waals surface area contributed by atoms with Crippen molar-refractivity contribution in [3.05, 3.63) is 71.8 Å². The molecule has 2 saturated heterocycles. The number of hydroxylamine groups is 2. The van der Waals surface area contributed by atoms with E-state index in [-0.39, 0.29) is 23.8 Å². The fourth-order valence-corrected chi connectivity index (χ4v) is 5.21. The number of hydrogen-bond donors (Lipinski definition) is 0. The van der Waals surface area contributed by atoms with E-state index in [0.29, 0.717) is 18.4 Å². The molecule has 1 saturated carbocycles. The zero-order valence-electron chi connectivity index (χ0n) is 19.4. The Hall–Kier alpha value is -2.58. The number of carbonyl (C=O) groups excluding carboxylic acids is 2. The molecule has 3 aliphatic rings. The fourth-order valence-electron chi connectivity index (χ4n) is 5.21. The lowest BCUT2D eigenvalue weighted by molar-refractivity contribution is -0.446. The van der Waals surface area contributed by atoms with Crippen LogP contribution in [0.1, 0.15) is 67.3 Å². The van der Waals surface area contributed by atoms with E-state index in [0.717, 1.165) is 19.3 Å².